The molecule has 0 bridgehead atoms. The smallest absolute Gasteiger partial charge is 0.336 e. The summed E-state index contributed by atoms with van der Waals surface area (Å²) < 4.78 is 0. The van der Waals surface area contributed by atoms with E-state index in [1.807, 2.05) is 13.8 Å². The van der Waals surface area contributed by atoms with Gasteiger partial charge in [0.1, 0.15) is 0 Å². The Morgan fingerprint density at radius 3 is 2.26 bits per heavy atom. The monoisotopic (exact) mass is 263 g/mol. The summed E-state index contributed by atoms with van der Waals surface area (Å²) in [6, 6.07) is 4.94. The van der Waals surface area contributed by atoms with Crippen LogP contribution in [0.1, 0.15) is 54.0 Å². The summed E-state index contributed by atoms with van der Waals surface area (Å²) in [5, 5.41) is 11.9. The van der Waals surface area contributed by atoms with E-state index in [1.54, 1.807) is 12.1 Å². The topological polar surface area (TPSA) is 66.4 Å². The molecule has 1 amide bonds. The predicted octanol–water partition coefficient (Wildman–Crippen LogP) is 2.72. The lowest BCUT2D eigenvalue weighted by Gasteiger charge is -2.13. The van der Waals surface area contributed by atoms with Gasteiger partial charge in [-0.1, -0.05) is 19.9 Å². The number of amides is 1. The summed E-state index contributed by atoms with van der Waals surface area (Å²) in [6.45, 7) is 7.85. The van der Waals surface area contributed by atoms with E-state index in [2.05, 4.69) is 19.2 Å². The fourth-order valence-electron chi connectivity index (χ4n) is 1.90. The highest BCUT2D eigenvalue weighted by atomic mass is 16.4. The Hall–Kier alpha value is -1.84. The molecule has 1 aromatic rings. The van der Waals surface area contributed by atoms with Crippen LogP contribution in [-0.2, 0) is 6.42 Å². The second-order valence-corrected chi connectivity index (χ2v) is 5.41. The molecule has 0 radical (unpaired) electrons. The number of rotatable bonds is 5. The van der Waals surface area contributed by atoms with Crippen molar-refractivity contribution >= 4 is 11.9 Å². The SMILES string of the molecule is CC(C)Cc1ccc(C(=O)O)c(C(=O)NC(C)C)c1. The van der Waals surface area contributed by atoms with Gasteiger partial charge in [-0.2, -0.15) is 0 Å². The van der Waals surface area contributed by atoms with E-state index in [0.717, 1.165) is 12.0 Å². The van der Waals surface area contributed by atoms with Crippen LogP contribution in [-0.4, -0.2) is 23.0 Å². The molecule has 0 unspecified atom stereocenters. The zero-order valence-electron chi connectivity index (χ0n) is 11.9. The van der Waals surface area contributed by atoms with Gasteiger partial charge < -0.3 is 10.4 Å². The Morgan fingerprint density at radius 1 is 1.16 bits per heavy atom. The molecule has 4 nitrogen and oxygen atoms in total. The predicted molar refractivity (Wildman–Crippen MR) is 74.5 cm³/mol. The first kappa shape index (κ1) is 15.2. The summed E-state index contributed by atoms with van der Waals surface area (Å²) >= 11 is 0. The van der Waals surface area contributed by atoms with E-state index < -0.39 is 5.97 Å². The number of benzene rings is 1. The molecule has 4 heteroatoms. The van der Waals surface area contributed by atoms with E-state index in [4.69, 9.17) is 5.11 Å². The van der Waals surface area contributed by atoms with Crippen molar-refractivity contribution in [3.8, 4) is 0 Å². The fraction of sp³-hybridized carbons (Fsp3) is 0.467. The van der Waals surface area contributed by atoms with Gasteiger partial charge in [-0.25, -0.2) is 4.79 Å². The number of hydrogen-bond acceptors (Lipinski definition) is 2. The fourth-order valence-corrected chi connectivity index (χ4v) is 1.90. The molecule has 1 aromatic carbocycles. The highest BCUT2D eigenvalue weighted by molar-refractivity contribution is 6.05. The first-order valence-electron chi connectivity index (χ1n) is 6.48. The molecule has 0 heterocycles. The van der Waals surface area contributed by atoms with Crippen molar-refractivity contribution < 1.29 is 14.7 Å². The lowest BCUT2D eigenvalue weighted by molar-refractivity contribution is 0.0690. The Kier molecular flexibility index (Phi) is 5.10. The third-order valence-electron chi connectivity index (χ3n) is 2.62. The maximum Gasteiger partial charge on any atom is 0.336 e. The van der Waals surface area contributed by atoms with Gasteiger partial charge in [-0.05, 0) is 43.9 Å². The third-order valence-corrected chi connectivity index (χ3v) is 2.62. The maximum absolute atomic E-state index is 12.0. The molecule has 0 aliphatic carbocycles. The van der Waals surface area contributed by atoms with Crippen molar-refractivity contribution in [2.75, 3.05) is 0 Å². The van der Waals surface area contributed by atoms with Crippen LogP contribution >= 0.6 is 0 Å². The molecule has 19 heavy (non-hydrogen) atoms. The van der Waals surface area contributed by atoms with Crippen LogP contribution in [0.25, 0.3) is 0 Å². The van der Waals surface area contributed by atoms with Crippen LogP contribution in [0.15, 0.2) is 18.2 Å². The summed E-state index contributed by atoms with van der Waals surface area (Å²) in [5.74, 6) is -0.959. The van der Waals surface area contributed by atoms with Crippen molar-refractivity contribution in [2.45, 2.75) is 40.2 Å². The Balaban J connectivity index is 3.15. The van der Waals surface area contributed by atoms with Gasteiger partial charge in [-0.3, -0.25) is 4.79 Å². The molecule has 0 atom stereocenters. The maximum atomic E-state index is 12.0. The number of nitrogens with one attached hydrogen (secondary N) is 1. The minimum absolute atomic E-state index is 0.0251. The van der Waals surface area contributed by atoms with Crippen LogP contribution in [0.3, 0.4) is 0 Å². The molecule has 0 aromatic heterocycles. The lowest BCUT2D eigenvalue weighted by atomic mass is 9.97. The molecular formula is C15H21NO3. The van der Waals surface area contributed by atoms with E-state index >= 15 is 0 Å². The average Bonchev–Trinajstić information content (AvgIpc) is 2.26. The highest BCUT2D eigenvalue weighted by Crippen LogP contribution is 2.16. The van der Waals surface area contributed by atoms with Crippen LogP contribution in [0.4, 0.5) is 0 Å². The first-order valence-corrected chi connectivity index (χ1v) is 6.48. The number of carboxylic acid groups (broad SMARTS) is 1. The summed E-state index contributed by atoms with van der Waals surface area (Å²) in [5.41, 5.74) is 1.26. The summed E-state index contributed by atoms with van der Waals surface area (Å²) in [6.07, 6.45) is 0.821. The number of aromatic carboxylic acids is 1. The van der Waals surface area contributed by atoms with Gasteiger partial charge in [0, 0.05) is 6.04 Å². The van der Waals surface area contributed by atoms with E-state index in [-0.39, 0.29) is 23.1 Å². The normalized spacial score (nSPS) is 10.8. The zero-order chi connectivity index (χ0) is 14.6. The van der Waals surface area contributed by atoms with Gasteiger partial charge in [0.05, 0.1) is 11.1 Å². The number of carbonyl (C=O) groups excluding carboxylic acids is 1. The van der Waals surface area contributed by atoms with Gasteiger partial charge in [-0.15, -0.1) is 0 Å². The van der Waals surface area contributed by atoms with Crippen LogP contribution in [0.2, 0.25) is 0 Å². The van der Waals surface area contributed by atoms with Gasteiger partial charge >= 0.3 is 5.97 Å². The van der Waals surface area contributed by atoms with Gasteiger partial charge in [0.2, 0.25) is 0 Å². The first-order chi connectivity index (χ1) is 8.81. The van der Waals surface area contributed by atoms with Gasteiger partial charge in [0.15, 0.2) is 0 Å². The zero-order valence-corrected chi connectivity index (χ0v) is 11.9. The van der Waals surface area contributed by atoms with E-state index in [1.165, 1.54) is 6.07 Å². The van der Waals surface area contributed by atoms with Crippen LogP contribution < -0.4 is 5.32 Å². The summed E-state index contributed by atoms with van der Waals surface area (Å²) in [7, 11) is 0. The average molecular weight is 263 g/mol. The molecular weight excluding hydrogens is 242 g/mol. The van der Waals surface area contributed by atoms with Crippen molar-refractivity contribution in [3.05, 3.63) is 34.9 Å². The molecule has 104 valence electrons. The van der Waals surface area contributed by atoms with E-state index in [9.17, 15) is 9.59 Å². The van der Waals surface area contributed by atoms with Gasteiger partial charge in [0.25, 0.3) is 5.91 Å². The Bertz CT molecular complexity index is 478. The Labute approximate surface area is 113 Å². The highest BCUT2D eigenvalue weighted by Gasteiger charge is 2.17. The van der Waals surface area contributed by atoms with Crippen molar-refractivity contribution in [3.63, 3.8) is 0 Å². The second kappa shape index (κ2) is 6.36. The number of carbonyl (C=O) groups is 2. The molecule has 0 fully saturated rings. The van der Waals surface area contributed by atoms with Crippen molar-refractivity contribution in [2.24, 2.45) is 5.92 Å². The molecule has 0 spiro atoms. The molecule has 0 saturated heterocycles. The molecule has 0 aliphatic rings. The standard InChI is InChI=1S/C15H21NO3/c1-9(2)7-11-5-6-12(15(18)19)13(8-11)14(17)16-10(3)4/h5-6,8-10H,7H2,1-4H3,(H,16,17)(H,18,19). The minimum Gasteiger partial charge on any atom is -0.478 e. The number of hydrogen-bond donors (Lipinski definition) is 2. The molecule has 2 N–H and O–H groups in total. The third kappa shape index (κ3) is 4.39. The van der Waals surface area contributed by atoms with Crippen molar-refractivity contribution in [1.29, 1.82) is 0 Å². The Morgan fingerprint density at radius 2 is 1.79 bits per heavy atom. The van der Waals surface area contributed by atoms with E-state index in [0.29, 0.717) is 5.92 Å². The van der Waals surface area contributed by atoms with Crippen LogP contribution in [0.5, 0.6) is 0 Å². The molecule has 1 rings (SSSR count). The van der Waals surface area contributed by atoms with Crippen LogP contribution in [0, 0.1) is 5.92 Å². The molecule has 0 aliphatic heterocycles. The number of carboxylic acids is 1. The minimum atomic E-state index is -1.08. The quantitative estimate of drug-likeness (QED) is 0.858. The molecule has 0 saturated carbocycles. The van der Waals surface area contributed by atoms with Crippen molar-refractivity contribution in [1.82, 2.24) is 5.32 Å². The second-order valence-electron chi connectivity index (χ2n) is 5.41. The largest absolute Gasteiger partial charge is 0.478 e. The lowest BCUT2D eigenvalue weighted by Crippen LogP contribution is -2.31. The summed E-state index contributed by atoms with van der Waals surface area (Å²) in [4.78, 5) is 23.2.